The summed E-state index contributed by atoms with van der Waals surface area (Å²) < 4.78 is 0. The number of likely N-dealkylation sites (N-methyl/N-ethyl adjacent to an activating group) is 1. The molecule has 3 heteroatoms. The minimum atomic E-state index is -0.693. The highest BCUT2D eigenvalue weighted by atomic mass is 35.5. The fraction of sp³-hybridized carbons (Fsp3) is 0.538. The highest BCUT2D eigenvalue weighted by molar-refractivity contribution is 6.30. The molecule has 0 aromatic heterocycles. The highest BCUT2D eigenvalue weighted by Gasteiger charge is 2.37. The second-order valence-electron chi connectivity index (χ2n) is 4.93. The number of hydrogen-bond donors (Lipinski definition) is 1. The molecule has 1 aromatic carbocycles. The van der Waals surface area contributed by atoms with Crippen molar-refractivity contribution in [2.45, 2.75) is 38.8 Å². The number of anilines is 1. The van der Waals surface area contributed by atoms with Crippen LogP contribution in [0.4, 0.5) is 5.69 Å². The third-order valence-corrected chi connectivity index (χ3v) is 3.53. The van der Waals surface area contributed by atoms with E-state index in [0.29, 0.717) is 0 Å². The van der Waals surface area contributed by atoms with Crippen LogP contribution in [0, 0.1) is 0 Å². The molecule has 0 aliphatic carbocycles. The lowest BCUT2D eigenvalue weighted by atomic mass is 9.95. The van der Waals surface area contributed by atoms with Gasteiger partial charge in [0.2, 0.25) is 0 Å². The smallest absolute Gasteiger partial charge is 0.0797 e. The van der Waals surface area contributed by atoms with Crippen molar-refractivity contribution in [3.05, 3.63) is 28.8 Å². The molecule has 0 saturated heterocycles. The number of hydrogen-bond acceptors (Lipinski definition) is 2. The van der Waals surface area contributed by atoms with Gasteiger partial charge in [0.1, 0.15) is 0 Å². The van der Waals surface area contributed by atoms with E-state index in [1.807, 2.05) is 32.0 Å². The second kappa shape index (κ2) is 3.94. The van der Waals surface area contributed by atoms with Gasteiger partial charge in [0.25, 0.3) is 0 Å². The van der Waals surface area contributed by atoms with Crippen LogP contribution in [-0.4, -0.2) is 23.3 Å². The number of aliphatic hydroxyl groups is 1. The Kier molecular flexibility index (Phi) is 2.89. The van der Waals surface area contributed by atoms with Gasteiger partial charge >= 0.3 is 0 Å². The van der Waals surface area contributed by atoms with Crippen LogP contribution in [0.25, 0.3) is 0 Å². The van der Waals surface area contributed by atoms with Crippen molar-refractivity contribution in [3.8, 4) is 0 Å². The normalized spacial score (nSPS) is 20.1. The first-order chi connectivity index (χ1) is 7.43. The lowest BCUT2D eigenvalue weighted by Gasteiger charge is -2.34. The summed E-state index contributed by atoms with van der Waals surface area (Å²) in [7, 11) is 0. The van der Waals surface area contributed by atoms with Gasteiger partial charge in [-0.2, -0.15) is 0 Å². The van der Waals surface area contributed by atoms with Crippen molar-refractivity contribution < 1.29 is 5.11 Å². The van der Waals surface area contributed by atoms with Gasteiger partial charge in [-0.15, -0.1) is 0 Å². The Morgan fingerprint density at radius 2 is 2.19 bits per heavy atom. The van der Waals surface area contributed by atoms with Crippen molar-refractivity contribution in [1.82, 2.24) is 0 Å². The van der Waals surface area contributed by atoms with Gasteiger partial charge in [-0.05, 0) is 51.0 Å². The number of rotatable bonds is 2. The Hall–Kier alpha value is -0.730. The maximum Gasteiger partial charge on any atom is 0.0797 e. The molecule has 0 bridgehead atoms. The van der Waals surface area contributed by atoms with Crippen molar-refractivity contribution >= 4 is 17.3 Å². The van der Waals surface area contributed by atoms with Crippen LogP contribution in [0.1, 0.15) is 26.3 Å². The van der Waals surface area contributed by atoms with E-state index in [2.05, 4.69) is 11.8 Å². The van der Waals surface area contributed by atoms with Crippen LogP contribution in [0.2, 0.25) is 5.02 Å². The molecular formula is C13H18ClNO. The van der Waals surface area contributed by atoms with Crippen LogP contribution in [0.15, 0.2) is 18.2 Å². The molecule has 88 valence electrons. The van der Waals surface area contributed by atoms with Crippen molar-refractivity contribution in [1.29, 1.82) is 0 Å². The molecule has 1 aliphatic heterocycles. The molecule has 0 saturated carbocycles. The van der Waals surface area contributed by atoms with Crippen molar-refractivity contribution in [2.75, 3.05) is 11.4 Å². The molecule has 1 aromatic rings. The van der Waals surface area contributed by atoms with Crippen LogP contribution >= 0.6 is 11.6 Å². The van der Waals surface area contributed by atoms with Crippen LogP contribution in [-0.2, 0) is 6.42 Å². The monoisotopic (exact) mass is 239 g/mol. The summed E-state index contributed by atoms with van der Waals surface area (Å²) in [5.41, 5.74) is 1.75. The summed E-state index contributed by atoms with van der Waals surface area (Å²) in [6.45, 7) is 6.76. The Balaban J connectivity index is 2.40. The molecule has 1 N–H and O–H groups in total. The molecule has 1 unspecified atom stereocenters. The third-order valence-electron chi connectivity index (χ3n) is 3.30. The number of fused-ring (bicyclic) bond motifs is 1. The first-order valence-corrected chi connectivity index (χ1v) is 6.08. The van der Waals surface area contributed by atoms with Crippen LogP contribution in [0.3, 0.4) is 0 Å². The molecule has 1 heterocycles. The largest absolute Gasteiger partial charge is 0.388 e. The predicted octanol–water partition coefficient (Wildman–Crippen LogP) is 2.86. The summed E-state index contributed by atoms with van der Waals surface area (Å²) in [6.07, 6.45) is 0.868. The quantitative estimate of drug-likeness (QED) is 0.858. The number of nitrogens with zero attached hydrogens (tertiary/aromatic N) is 1. The summed E-state index contributed by atoms with van der Waals surface area (Å²) in [5.74, 6) is 0. The first kappa shape index (κ1) is 11.7. The van der Waals surface area contributed by atoms with E-state index in [1.165, 1.54) is 11.3 Å². The van der Waals surface area contributed by atoms with Gasteiger partial charge in [-0.25, -0.2) is 0 Å². The minimum absolute atomic E-state index is 0.144. The first-order valence-electron chi connectivity index (χ1n) is 5.71. The van der Waals surface area contributed by atoms with E-state index in [4.69, 9.17) is 11.6 Å². The molecule has 0 amide bonds. The maximum atomic E-state index is 10.2. The zero-order valence-corrected chi connectivity index (χ0v) is 10.8. The average Bonchev–Trinajstić information content (AvgIpc) is 2.54. The third kappa shape index (κ3) is 1.92. The van der Waals surface area contributed by atoms with Crippen LogP contribution < -0.4 is 4.90 Å². The van der Waals surface area contributed by atoms with E-state index in [0.717, 1.165) is 18.0 Å². The van der Waals surface area contributed by atoms with Gasteiger partial charge in [0.15, 0.2) is 0 Å². The zero-order valence-electron chi connectivity index (χ0n) is 10.00. The van der Waals surface area contributed by atoms with Gasteiger partial charge in [-0.1, -0.05) is 11.6 Å². The SMILES string of the molecule is CCN1c2ccc(Cl)cc2CC1C(C)(C)O. The molecular weight excluding hydrogens is 222 g/mol. The average molecular weight is 240 g/mol. The van der Waals surface area contributed by atoms with Gasteiger partial charge in [-0.3, -0.25) is 0 Å². The maximum absolute atomic E-state index is 10.2. The standard InChI is InChI=1S/C13H18ClNO/c1-4-15-11-6-5-10(14)7-9(11)8-12(15)13(2,3)16/h5-7,12,16H,4,8H2,1-3H3. The van der Waals surface area contributed by atoms with E-state index >= 15 is 0 Å². The highest BCUT2D eigenvalue weighted by Crippen LogP contribution is 2.37. The van der Waals surface area contributed by atoms with Gasteiger partial charge in [0.05, 0.1) is 11.6 Å². The van der Waals surface area contributed by atoms with Gasteiger partial charge in [0, 0.05) is 17.3 Å². The fourth-order valence-electron chi connectivity index (χ4n) is 2.51. The molecule has 2 rings (SSSR count). The second-order valence-corrected chi connectivity index (χ2v) is 5.37. The lowest BCUT2D eigenvalue weighted by Crippen LogP contribution is -2.47. The number of benzene rings is 1. The molecule has 0 fully saturated rings. The molecule has 16 heavy (non-hydrogen) atoms. The van der Waals surface area contributed by atoms with Gasteiger partial charge < -0.3 is 10.0 Å². The molecule has 0 spiro atoms. The van der Waals surface area contributed by atoms with E-state index in [9.17, 15) is 5.11 Å². The molecule has 0 radical (unpaired) electrons. The topological polar surface area (TPSA) is 23.5 Å². The molecule has 1 atom stereocenters. The van der Waals surface area contributed by atoms with E-state index < -0.39 is 5.60 Å². The minimum Gasteiger partial charge on any atom is -0.388 e. The lowest BCUT2D eigenvalue weighted by molar-refractivity contribution is 0.0520. The summed E-state index contributed by atoms with van der Waals surface area (Å²) in [6, 6.07) is 6.11. The Morgan fingerprint density at radius 1 is 1.50 bits per heavy atom. The predicted molar refractivity (Wildman–Crippen MR) is 68.3 cm³/mol. The van der Waals surface area contributed by atoms with Crippen molar-refractivity contribution in [2.24, 2.45) is 0 Å². The summed E-state index contributed by atoms with van der Waals surface area (Å²) in [4.78, 5) is 2.26. The van der Waals surface area contributed by atoms with E-state index in [-0.39, 0.29) is 6.04 Å². The Morgan fingerprint density at radius 3 is 2.75 bits per heavy atom. The number of halogens is 1. The van der Waals surface area contributed by atoms with Crippen LogP contribution in [0.5, 0.6) is 0 Å². The molecule has 1 aliphatic rings. The Labute approximate surface area is 102 Å². The van der Waals surface area contributed by atoms with E-state index in [1.54, 1.807) is 0 Å². The Bertz CT molecular complexity index is 397. The summed E-state index contributed by atoms with van der Waals surface area (Å²) in [5, 5.41) is 11.0. The fourth-order valence-corrected chi connectivity index (χ4v) is 2.70. The van der Waals surface area contributed by atoms with Crippen molar-refractivity contribution in [3.63, 3.8) is 0 Å². The summed E-state index contributed by atoms with van der Waals surface area (Å²) >= 11 is 6.00. The molecule has 2 nitrogen and oxygen atoms in total. The zero-order chi connectivity index (χ0) is 11.9.